The number of urea groups is 1. The van der Waals surface area contributed by atoms with Gasteiger partial charge in [0.1, 0.15) is 0 Å². The second kappa shape index (κ2) is 8.60. The number of methoxy groups -OCH3 is 1. The fourth-order valence-corrected chi connectivity index (χ4v) is 2.21. The maximum Gasteiger partial charge on any atom is 0.319 e. The number of benzene rings is 2. The summed E-state index contributed by atoms with van der Waals surface area (Å²) in [5.41, 5.74) is 2.01. The van der Waals surface area contributed by atoms with Gasteiger partial charge in [-0.3, -0.25) is 0 Å². The summed E-state index contributed by atoms with van der Waals surface area (Å²) in [5, 5.41) is 14.4. The first-order valence-corrected chi connectivity index (χ1v) is 7.90. The van der Waals surface area contributed by atoms with Crippen molar-refractivity contribution < 1.29 is 14.3 Å². The Bertz CT molecular complexity index is 782. The molecule has 0 saturated carbocycles. The fourth-order valence-electron chi connectivity index (χ4n) is 2.21. The van der Waals surface area contributed by atoms with E-state index in [1.54, 1.807) is 43.5 Å². The van der Waals surface area contributed by atoms with E-state index in [2.05, 4.69) is 16.7 Å². The SMILES string of the molecule is COc1ccc(NC(=O)NCc2cccc(C#N)c2)cc1OC(C)C. The summed E-state index contributed by atoms with van der Waals surface area (Å²) in [5.74, 6) is 1.17. The minimum atomic E-state index is -0.344. The molecule has 0 spiro atoms. The third kappa shape index (κ3) is 5.43. The molecule has 2 amide bonds. The normalized spacial score (nSPS) is 10.0. The van der Waals surface area contributed by atoms with Gasteiger partial charge in [-0.1, -0.05) is 12.1 Å². The smallest absolute Gasteiger partial charge is 0.319 e. The van der Waals surface area contributed by atoms with Gasteiger partial charge in [0.05, 0.1) is 24.8 Å². The van der Waals surface area contributed by atoms with Crippen LogP contribution in [0, 0.1) is 11.3 Å². The Morgan fingerprint density at radius 2 is 2.00 bits per heavy atom. The van der Waals surface area contributed by atoms with Crippen LogP contribution in [0.25, 0.3) is 0 Å². The zero-order valence-electron chi connectivity index (χ0n) is 14.5. The van der Waals surface area contributed by atoms with Crippen molar-refractivity contribution in [1.82, 2.24) is 5.32 Å². The van der Waals surface area contributed by atoms with E-state index in [1.807, 2.05) is 19.9 Å². The maximum absolute atomic E-state index is 12.1. The molecule has 6 nitrogen and oxygen atoms in total. The molecular formula is C19H21N3O3. The lowest BCUT2D eigenvalue weighted by Crippen LogP contribution is -2.28. The first-order valence-electron chi connectivity index (χ1n) is 7.90. The number of ether oxygens (including phenoxy) is 2. The number of hydrogen-bond acceptors (Lipinski definition) is 4. The summed E-state index contributed by atoms with van der Waals surface area (Å²) in [4.78, 5) is 12.1. The van der Waals surface area contributed by atoms with Gasteiger partial charge in [-0.15, -0.1) is 0 Å². The number of carbonyl (C=O) groups excluding carboxylic acids is 1. The first-order chi connectivity index (χ1) is 12.0. The van der Waals surface area contributed by atoms with E-state index in [0.29, 0.717) is 29.3 Å². The Morgan fingerprint density at radius 1 is 1.20 bits per heavy atom. The highest BCUT2D eigenvalue weighted by Gasteiger charge is 2.09. The van der Waals surface area contributed by atoms with Gasteiger partial charge in [-0.05, 0) is 43.7 Å². The highest BCUT2D eigenvalue weighted by Crippen LogP contribution is 2.31. The summed E-state index contributed by atoms with van der Waals surface area (Å²) in [6.45, 7) is 4.16. The molecule has 0 radical (unpaired) electrons. The third-order valence-electron chi connectivity index (χ3n) is 3.29. The van der Waals surface area contributed by atoms with E-state index in [4.69, 9.17) is 14.7 Å². The van der Waals surface area contributed by atoms with Crippen molar-refractivity contribution in [2.24, 2.45) is 0 Å². The van der Waals surface area contributed by atoms with Crippen molar-refractivity contribution in [3.63, 3.8) is 0 Å². The van der Waals surface area contributed by atoms with Crippen LogP contribution in [0.3, 0.4) is 0 Å². The van der Waals surface area contributed by atoms with Crippen LogP contribution in [0.15, 0.2) is 42.5 Å². The molecule has 2 aromatic carbocycles. The van der Waals surface area contributed by atoms with E-state index < -0.39 is 0 Å². The van der Waals surface area contributed by atoms with Crippen LogP contribution >= 0.6 is 0 Å². The van der Waals surface area contributed by atoms with Crippen LogP contribution in [0.2, 0.25) is 0 Å². The van der Waals surface area contributed by atoms with Gasteiger partial charge in [0.15, 0.2) is 11.5 Å². The molecule has 0 aromatic heterocycles. The molecule has 2 N–H and O–H groups in total. The second-order valence-electron chi connectivity index (χ2n) is 5.65. The van der Waals surface area contributed by atoms with Crippen LogP contribution in [-0.2, 0) is 6.54 Å². The fraction of sp³-hybridized carbons (Fsp3) is 0.263. The average molecular weight is 339 g/mol. The summed E-state index contributed by atoms with van der Waals surface area (Å²) in [6, 6.07) is 14.0. The monoisotopic (exact) mass is 339 g/mol. The molecule has 2 aromatic rings. The van der Waals surface area contributed by atoms with Crippen LogP contribution in [0.4, 0.5) is 10.5 Å². The highest BCUT2D eigenvalue weighted by atomic mass is 16.5. The lowest BCUT2D eigenvalue weighted by Gasteiger charge is -2.15. The van der Waals surface area contributed by atoms with E-state index >= 15 is 0 Å². The Hall–Kier alpha value is -3.20. The molecule has 25 heavy (non-hydrogen) atoms. The summed E-state index contributed by atoms with van der Waals surface area (Å²) < 4.78 is 10.9. The predicted molar refractivity (Wildman–Crippen MR) is 95.8 cm³/mol. The van der Waals surface area contributed by atoms with Gasteiger partial charge >= 0.3 is 6.03 Å². The van der Waals surface area contributed by atoms with Crippen molar-refractivity contribution in [3.8, 4) is 17.6 Å². The molecule has 0 aliphatic carbocycles. The molecule has 0 atom stereocenters. The van der Waals surface area contributed by atoms with E-state index in [1.165, 1.54) is 0 Å². The number of rotatable bonds is 6. The van der Waals surface area contributed by atoms with Crippen molar-refractivity contribution in [2.75, 3.05) is 12.4 Å². The van der Waals surface area contributed by atoms with Gasteiger partial charge < -0.3 is 20.1 Å². The standard InChI is InChI=1S/C19H21N3O3/c1-13(2)25-18-10-16(7-8-17(18)24-3)22-19(23)21-12-15-6-4-5-14(9-15)11-20/h4-10,13H,12H2,1-3H3,(H2,21,22,23). The molecule has 0 heterocycles. The molecule has 0 fully saturated rings. The largest absolute Gasteiger partial charge is 0.493 e. The molecule has 0 aliphatic heterocycles. The Labute approximate surface area is 147 Å². The number of hydrogen-bond donors (Lipinski definition) is 2. The van der Waals surface area contributed by atoms with Gasteiger partial charge in [0.2, 0.25) is 0 Å². The van der Waals surface area contributed by atoms with Crippen molar-refractivity contribution >= 4 is 11.7 Å². The molecule has 2 rings (SSSR count). The zero-order valence-corrected chi connectivity index (χ0v) is 14.5. The predicted octanol–water partition coefficient (Wildman–Crippen LogP) is 3.68. The molecule has 0 bridgehead atoms. The molecule has 6 heteroatoms. The van der Waals surface area contributed by atoms with Crippen molar-refractivity contribution in [3.05, 3.63) is 53.6 Å². The Balaban J connectivity index is 1.99. The highest BCUT2D eigenvalue weighted by molar-refractivity contribution is 5.89. The molecular weight excluding hydrogens is 318 g/mol. The van der Waals surface area contributed by atoms with Crippen LogP contribution in [0.5, 0.6) is 11.5 Å². The molecule has 0 unspecified atom stereocenters. The van der Waals surface area contributed by atoms with Crippen LogP contribution in [-0.4, -0.2) is 19.2 Å². The number of nitrogens with zero attached hydrogens (tertiary/aromatic N) is 1. The second-order valence-corrected chi connectivity index (χ2v) is 5.65. The van der Waals surface area contributed by atoms with Crippen molar-refractivity contribution in [2.45, 2.75) is 26.5 Å². The maximum atomic E-state index is 12.1. The lowest BCUT2D eigenvalue weighted by atomic mass is 10.1. The van der Waals surface area contributed by atoms with E-state index in [-0.39, 0.29) is 12.1 Å². The van der Waals surface area contributed by atoms with Crippen LogP contribution in [0.1, 0.15) is 25.0 Å². The summed E-state index contributed by atoms with van der Waals surface area (Å²) in [7, 11) is 1.57. The number of nitriles is 1. The van der Waals surface area contributed by atoms with Crippen molar-refractivity contribution in [1.29, 1.82) is 5.26 Å². The average Bonchev–Trinajstić information content (AvgIpc) is 2.60. The van der Waals surface area contributed by atoms with Gasteiger partial charge in [-0.2, -0.15) is 5.26 Å². The van der Waals surface area contributed by atoms with Gasteiger partial charge in [-0.25, -0.2) is 4.79 Å². The minimum Gasteiger partial charge on any atom is -0.493 e. The zero-order chi connectivity index (χ0) is 18.2. The van der Waals surface area contributed by atoms with Gasteiger partial charge in [0.25, 0.3) is 0 Å². The first kappa shape index (κ1) is 18.1. The lowest BCUT2D eigenvalue weighted by molar-refractivity contribution is 0.230. The summed E-state index contributed by atoms with van der Waals surface area (Å²) in [6.07, 6.45) is -0.00890. The molecule has 0 saturated heterocycles. The Morgan fingerprint density at radius 3 is 2.68 bits per heavy atom. The number of carbonyl (C=O) groups is 1. The summed E-state index contributed by atoms with van der Waals surface area (Å²) >= 11 is 0. The third-order valence-corrected chi connectivity index (χ3v) is 3.29. The molecule has 130 valence electrons. The topological polar surface area (TPSA) is 83.4 Å². The quantitative estimate of drug-likeness (QED) is 0.841. The number of anilines is 1. The number of nitrogens with one attached hydrogen (secondary N) is 2. The van der Waals surface area contributed by atoms with Gasteiger partial charge in [0, 0.05) is 18.3 Å². The van der Waals surface area contributed by atoms with E-state index in [9.17, 15) is 4.79 Å². The van der Waals surface area contributed by atoms with E-state index in [0.717, 1.165) is 5.56 Å². The van der Waals surface area contributed by atoms with Crippen LogP contribution < -0.4 is 20.1 Å². The number of amides is 2. The molecule has 0 aliphatic rings. The Kier molecular flexibility index (Phi) is 6.24. The minimum absolute atomic E-state index is 0.00890.